The number of hydrogen-bond acceptors (Lipinski definition) is 0. The van der Waals surface area contributed by atoms with Crippen LogP contribution in [0.25, 0.3) is 0 Å². The second kappa shape index (κ2) is 24.4. The number of rotatable bonds is 0. The van der Waals surface area contributed by atoms with Crippen molar-refractivity contribution in [1.82, 2.24) is 0 Å². The van der Waals surface area contributed by atoms with Gasteiger partial charge in [-0.3, -0.25) is 0 Å². The molecule has 5 heavy (non-hydrogen) atoms. The van der Waals surface area contributed by atoms with E-state index in [4.69, 9.17) is 0 Å². The third kappa shape index (κ3) is 18.0. The van der Waals surface area contributed by atoms with Gasteiger partial charge in [0.25, 0.3) is 0 Å². The summed E-state index contributed by atoms with van der Waals surface area (Å²) >= 11 is 0. The molecule has 0 unspecified atom stereocenters. The van der Waals surface area contributed by atoms with Crippen LogP contribution in [0.15, 0.2) is 0 Å². The molecule has 0 heterocycles. The van der Waals surface area contributed by atoms with Crippen LogP contribution in [0, 0.1) is 0 Å². The molecule has 0 aliphatic rings. The number of halogens is 3. The molecule has 0 atom stereocenters. The van der Waals surface area contributed by atoms with E-state index < -0.39 is 0 Å². The van der Waals surface area contributed by atoms with Crippen LogP contribution < -0.4 is 0 Å². The zero-order chi connectivity index (χ0) is 0. The molecule has 5 heteroatoms. The minimum absolute atomic E-state index is 0. The van der Waals surface area contributed by atoms with Crippen molar-refractivity contribution in [3.63, 3.8) is 0 Å². The quantitative estimate of drug-likeness (QED) is 0.440. The zero-order valence-electron chi connectivity index (χ0n) is 1.22. The predicted octanol–water partition coefficient (Wildman–Crippen LogP) is -0.366. The molecule has 0 rings (SSSR count). The molecule has 0 aromatic rings. The van der Waals surface area contributed by atoms with Crippen LogP contribution in [-0.4, -0.2) is 86.5 Å². The molecule has 0 aromatic heterocycles. The topological polar surface area (TPSA) is 0 Å². The molecule has 0 aliphatic carbocycles. The third-order valence-electron chi connectivity index (χ3n) is 0. The Labute approximate surface area is 133 Å². The Morgan fingerprint density at radius 2 is 0.600 bits per heavy atom. The molecule has 0 N–H and O–H groups in total. The predicted molar refractivity (Wildman–Crippen MR) is 49.4 cm³/mol. The molecule has 0 fully saturated rings. The Morgan fingerprint density at radius 1 is 0.600 bits per heavy atom. The summed E-state index contributed by atoms with van der Waals surface area (Å²) in [4.78, 5) is 0. The van der Waals surface area contributed by atoms with Crippen LogP contribution in [0.3, 0.4) is 0 Å². The fraction of sp³-hybridized carbons (Fsp3) is 0. The van der Waals surface area contributed by atoms with Gasteiger partial charge < -0.3 is 0 Å². The Kier molecular flexibility index (Phi) is 175. The Bertz CT molecular complexity index is 6.85. The normalized spacial score (nSPS) is 0. The summed E-state index contributed by atoms with van der Waals surface area (Å²) in [5.74, 6) is 0. The van der Waals surface area contributed by atoms with Crippen LogP contribution in [-0.2, 0) is 0 Å². The van der Waals surface area contributed by atoms with Crippen molar-refractivity contribution < 1.29 is 0 Å². The second-order valence-corrected chi connectivity index (χ2v) is 0. The van der Waals surface area contributed by atoms with E-state index in [0.717, 1.165) is 0 Å². The minimum atomic E-state index is 0. The van der Waals surface area contributed by atoms with Crippen LogP contribution in [0.5, 0.6) is 0 Å². The molecule has 0 saturated carbocycles. The first kappa shape index (κ1) is 35.8. The number of hydrogen-bond donors (Lipinski definition) is 0. The Hall–Kier alpha value is 4.03. The second-order valence-electron chi connectivity index (χ2n) is 0. The molecule has 0 aromatic carbocycles. The maximum absolute atomic E-state index is 0. The first-order chi connectivity index (χ1) is 0. The molecule has 0 radical (unpaired) electrons. The van der Waals surface area contributed by atoms with Gasteiger partial charge in [-0.2, -0.15) is 0 Å². The van der Waals surface area contributed by atoms with Crippen molar-refractivity contribution in [2.45, 2.75) is 0 Å². The summed E-state index contributed by atoms with van der Waals surface area (Å²) in [5, 5.41) is 0. The van der Waals surface area contributed by atoms with Gasteiger partial charge in [-0.15, -0.1) is 50.9 Å². The molecule has 0 nitrogen and oxygen atoms in total. The van der Waals surface area contributed by atoms with Crippen molar-refractivity contribution in [2.75, 3.05) is 0 Å². The summed E-state index contributed by atoms with van der Waals surface area (Å²) in [6.45, 7) is 0. The average Bonchev–Trinajstić information content (AvgIpc) is 0. The van der Waals surface area contributed by atoms with E-state index >= 15 is 0 Å². The fourth-order valence-electron chi connectivity index (χ4n) is 0. The van der Waals surface area contributed by atoms with E-state index in [1.807, 2.05) is 0 Å². The van der Waals surface area contributed by atoms with E-state index in [0.29, 0.717) is 0 Å². The van der Waals surface area contributed by atoms with E-state index in [2.05, 4.69) is 0 Å². The molecule has 34 valence electrons. The summed E-state index contributed by atoms with van der Waals surface area (Å²) in [7, 11) is 0. The van der Waals surface area contributed by atoms with Crippen molar-refractivity contribution in [3.8, 4) is 0 Å². The van der Waals surface area contributed by atoms with Crippen molar-refractivity contribution in [2.24, 2.45) is 0 Å². The van der Waals surface area contributed by atoms with Gasteiger partial charge in [0.05, 0.1) is 0 Å². The molecule has 0 bridgehead atoms. The van der Waals surface area contributed by atoms with Crippen molar-refractivity contribution in [1.29, 1.82) is 0 Å². The van der Waals surface area contributed by atoms with Gasteiger partial charge in [0.15, 0.2) is 0 Å². The van der Waals surface area contributed by atoms with Gasteiger partial charge in [-0.25, -0.2) is 0 Å². The summed E-state index contributed by atoms with van der Waals surface area (Å²) < 4.78 is 0. The molecule has 0 amide bonds. The first-order valence-corrected chi connectivity index (χ1v) is 0. The third-order valence-corrected chi connectivity index (χ3v) is 0. The van der Waals surface area contributed by atoms with Crippen LogP contribution in [0.2, 0.25) is 0 Å². The van der Waals surface area contributed by atoms with E-state index in [1.165, 1.54) is 0 Å². The average molecular weight is 453 g/mol. The summed E-state index contributed by atoms with van der Waals surface area (Å²) in [6.07, 6.45) is 0. The summed E-state index contributed by atoms with van der Waals surface area (Å²) in [6, 6.07) is 0. The Morgan fingerprint density at radius 3 is 0.600 bits per heavy atom. The summed E-state index contributed by atoms with van der Waals surface area (Å²) in [5.41, 5.74) is 0. The van der Waals surface area contributed by atoms with E-state index in [9.17, 15) is 0 Å². The molecule has 0 spiro atoms. The van der Waals surface area contributed by atoms with Crippen molar-refractivity contribution in [3.05, 3.63) is 0 Å². The Balaban J connectivity index is 0. The van der Waals surface area contributed by atoms with Gasteiger partial charge >= 0.3 is 86.5 Å². The molecule has 0 saturated heterocycles. The molecular weight excluding hydrogens is 445 g/mol. The SMILES string of the molecule is Br.Br.Br.[CsH].[GeH4]. The fourth-order valence-corrected chi connectivity index (χ4v) is 0. The maximum atomic E-state index is 0. The van der Waals surface area contributed by atoms with Gasteiger partial charge in [-0.1, -0.05) is 0 Å². The molecular formula is H8Br3CsGe. The van der Waals surface area contributed by atoms with Gasteiger partial charge in [0.2, 0.25) is 0 Å². The van der Waals surface area contributed by atoms with Crippen LogP contribution in [0.4, 0.5) is 0 Å². The van der Waals surface area contributed by atoms with E-state index in [1.54, 1.807) is 0 Å². The van der Waals surface area contributed by atoms with Gasteiger partial charge in [0, 0.05) is 0 Å². The standard InChI is InChI=1S/3BrH.Cs.GeH4.H/h3*1H;;1H4;. The van der Waals surface area contributed by atoms with Gasteiger partial charge in [0.1, 0.15) is 0 Å². The van der Waals surface area contributed by atoms with Crippen molar-refractivity contribution >= 4 is 137 Å². The first-order valence-electron chi connectivity index (χ1n) is 0. The molecule has 0 aliphatic heterocycles. The van der Waals surface area contributed by atoms with Crippen LogP contribution in [0.1, 0.15) is 0 Å². The van der Waals surface area contributed by atoms with Gasteiger partial charge in [-0.05, 0) is 0 Å². The van der Waals surface area contributed by atoms with Crippen LogP contribution >= 0.6 is 50.9 Å². The zero-order valence-corrected chi connectivity index (χ0v) is 6.36. The monoisotopic (exact) mass is 452 g/mol. The van der Waals surface area contributed by atoms with E-state index in [-0.39, 0.29) is 137 Å².